The van der Waals surface area contributed by atoms with Crippen molar-refractivity contribution < 1.29 is 18.3 Å². The third-order valence-corrected chi connectivity index (χ3v) is 7.68. The Kier molecular flexibility index (Phi) is 5.92. The number of hydrogen-bond acceptors (Lipinski definition) is 7. The van der Waals surface area contributed by atoms with Gasteiger partial charge in [-0.3, -0.25) is 14.2 Å². The Bertz CT molecular complexity index is 1410. The average Bonchev–Trinajstić information content (AvgIpc) is 3.45. The second-order valence-electron chi connectivity index (χ2n) is 7.78. The van der Waals surface area contributed by atoms with Gasteiger partial charge in [-0.25, -0.2) is 9.97 Å². The van der Waals surface area contributed by atoms with E-state index in [0.717, 1.165) is 34.2 Å². The predicted octanol–water partition coefficient (Wildman–Crippen LogP) is 4.76. The molecule has 0 spiro atoms. The molecule has 1 atom stereocenters. The molecule has 0 aliphatic heterocycles. The number of benzene rings is 1. The average molecular weight is 491 g/mol. The van der Waals surface area contributed by atoms with Gasteiger partial charge in [-0.15, -0.1) is 23.1 Å². The first-order chi connectivity index (χ1) is 15.9. The first-order valence-electron chi connectivity index (χ1n) is 10.5. The van der Waals surface area contributed by atoms with Crippen LogP contribution in [0.15, 0.2) is 29.1 Å². The normalized spacial score (nSPS) is 14.3. The number of alkyl halides is 2. The number of aromatic nitrogens is 4. The minimum atomic E-state index is -2.81. The topological polar surface area (TPSA) is 89.9 Å². The van der Waals surface area contributed by atoms with Gasteiger partial charge in [-0.05, 0) is 43.9 Å². The Balaban J connectivity index is 1.23. The molecule has 0 bridgehead atoms. The number of thioether (sulfide) groups is 1. The Morgan fingerprint density at radius 2 is 2.12 bits per heavy atom. The fourth-order valence-corrected chi connectivity index (χ4v) is 6.13. The van der Waals surface area contributed by atoms with Crippen molar-refractivity contribution in [2.75, 3.05) is 5.75 Å². The lowest BCUT2D eigenvalue weighted by molar-refractivity contribution is -0.146. The molecule has 1 aliphatic rings. The van der Waals surface area contributed by atoms with Crippen molar-refractivity contribution >= 4 is 50.3 Å². The first-order valence-corrected chi connectivity index (χ1v) is 12.4. The zero-order valence-electron chi connectivity index (χ0n) is 17.6. The fraction of sp³-hybridized carbons (Fsp3) is 0.364. The lowest BCUT2D eigenvalue weighted by Gasteiger charge is -2.15. The number of hydrogen-bond donors (Lipinski definition) is 1. The van der Waals surface area contributed by atoms with Crippen LogP contribution in [0, 0.1) is 0 Å². The number of nitrogens with zero attached hydrogens (tertiary/aromatic N) is 3. The summed E-state index contributed by atoms with van der Waals surface area (Å²) >= 11 is 2.80. The predicted molar refractivity (Wildman–Crippen MR) is 124 cm³/mol. The summed E-state index contributed by atoms with van der Waals surface area (Å²) in [4.78, 5) is 38.4. The highest BCUT2D eigenvalue weighted by molar-refractivity contribution is 7.99. The number of halogens is 2. The van der Waals surface area contributed by atoms with Crippen LogP contribution in [-0.2, 0) is 28.1 Å². The van der Waals surface area contributed by atoms with Gasteiger partial charge < -0.3 is 9.72 Å². The largest absolute Gasteiger partial charge is 0.454 e. The molecule has 7 nitrogen and oxygen atoms in total. The maximum absolute atomic E-state index is 13.6. The molecule has 0 radical (unpaired) electrons. The Morgan fingerprint density at radius 1 is 1.30 bits per heavy atom. The number of fused-ring (bicyclic) bond motifs is 4. The highest BCUT2D eigenvalue weighted by Gasteiger charge is 2.24. The molecular weight excluding hydrogens is 470 g/mol. The molecule has 3 aromatic heterocycles. The number of imidazole rings is 1. The number of para-hydroxylation sites is 2. The van der Waals surface area contributed by atoms with Crippen LogP contribution >= 0.6 is 23.1 Å². The molecule has 1 aliphatic carbocycles. The van der Waals surface area contributed by atoms with Crippen LogP contribution in [0.1, 0.15) is 48.1 Å². The van der Waals surface area contributed by atoms with E-state index in [1.54, 1.807) is 35.6 Å². The first kappa shape index (κ1) is 22.0. The molecule has 1 N–H and O–H groups in total. The molecule has 11 heteroatoms. The third-order valence-electron chi connectivity index (χ3n) is 5.57. The van der Waals surface area contributed by atoms with Gasteiger partial charge >= 0.3 is 12.5 Å². The lowest BCUT2D eigenvalue weighted by atomic mass is 10.2. The van der Waals surface area contributed by atoms with Crippen molar-refractivity contribution in [3.8, 4) is 0 Å². The van der Waals surface area contributed by atoms with E-state index in [0.29, 0.717) is 22.5 Å². The van der Waals surface area contributed by atoms with Crippen LogP contribution in [0.3, 0.4) is 0 Å². The van der Waals surface area contributed by atoms with E-state index < -0.39 is 18.6 Å². The summed E-state index contributed by atoms with van der Waals surface area (Å²) in [5, 5.41) is 0.691. The van der Waals surface area contributed by atoms with E-state index in [1.807, 2.05) is 0 Å². The SMILES string of the molecule is CC(OC(=O)CSCc1nc2sc3c(c2c(=O)[nH]1)CCC3)c1nc2ccccc2n1C(F)F. The van der Waals surface area contributed by atoms with Crippen molar-refractivity contribution in [1.29, 1.82) is 0 Å². The van der Waals surface area contributed by atoms with Gasteiger partial charge in [0.05, 0.1) is 27.9 Å². The number of nitrogens with one attached hydrogen (secondary N) is 1. The molecule has 172 valence electrons. The second kappa shape index (κ2) is 8.86. The monoisotopic (exact) mass is 490 g/mol. The number of thiophene rings is 1. The van der Waals surface area contributed by atoms with E-state index in [-0.39, 0.29) is 22.7 Å². The van der Waals surface area contributed by atoms with Gasteiger partial charge in [0.25, 0.3) is 5.56 Å². The molecule has 1 unspecified atom stereocenters. The summed E-state index contributed by atoms with van der Waals surface area (Å²) in [7, 11) is 0. The van der Waals surface area contributed by atoms with Gasteiger partial charge in [0, 0.05) is 4.88 Å². The van der Waals surface area contributed by atoms with Crippen molar-refractivity contribution in [1.82, 2.24) is 19.5 Å². The summed E-state index contributed by atoms with van der Waals surface area (Å²) in [6.45, 7) is -1.29. The van der Waals surface area contributed by atoms with Crippen LogP contribution in [0.4, 0.5) is 8.78 Å². The van der Waals surface area contributed by atoms with Crippen LogP contribution in [0.2, 0.25) is 0 Å². The fourth-order valence-electron chi connectivity index (χ4n) is 4.19. The number of carbonyl (C=O) groups is 1. The molecule has 3 heterocycles. The zero-order valence-corrected chi connectivity index (χ0v) is 19.3. The minimum absolute atomic E-state index is 0.00765. The van der Waals surface area contributed by atoms with Gasteiger partial charge in [-0.2, -0.15) is 8.78 Å². The summed E-state index contributed by atoms with van der Waals surface area (Å²) in [5.74, 6) is 0.248. The standard InChI is InChI=1S/C22H20F2N4O3S2/c1-11(19-25-13-6-2-3-7-14(13)28(19)22(23)24)31-17(29)10-32-9-16-26-20(30)18-12-5-4-8-15(12)33-21(18)27-16/h2-3,6-7,11,22H,4-5,8-10H2,1H3,(H,26,27,30). The highest BCUT2D eigenvalue weighted by Crippen LogP contribution is 2.34. The number of esters is 1. The van der Waals surface area contributed by atoms with Crippen molar-refractivity contribution in [2.45, 2.75) is 44.6 Å². The summed E-state index contributed by atoms with van der Waals surface area (Å²) in [5.41, 5.74) is 1.67. The minimum Gasteiger partial charge on any atom is -0.454 e. The van der Waals surface area contributed by atoms with E-state index in [4.69, 9.17) is 4.74 Å². The molecular formula is C22H20F2N4O3S2. The maximum Gasteiger partial charge on any atom is 0.320 e. The molecule has 1 aromatic carbocycles. The molecule has 0 saturated heterocycles. The van der Waals surface area contributed by atoms with E-state index >= 15 is 0 Å². The molecule has 33 heavy (non-hydrogen) atoms. The number of aryl methyl sites for hydroxylation is 2. The zero-order chi connectivity index (χ0) is 23.1. The molecule has 4 aromatic rings. The number of rotatable bonds is 7. The van der Waals surface area contributed by atoms with Crippen molar-refractivity contribution in [3.63, 3.8) is 0 Å². The number of H-pyrrole nitrogens is 1. The van der Waals surface area contributed by atoms with Crippen molar-refractivity contribution in [2.24, 2.45) is 0 Å². The Hall–Kier alpha value is -2.79. The summed E-state index contributed by atoms with van der Waals surface area (Å²) < 4.78 is 33.4. The second-order valence-corrected chi connectivity index (χ2v) is 9.85. The molecule has 5 rings (SSSR count). The number of carbonyl (C=O) groups excluding carboxylic acids is 1. The molecule has 0 saturated carbocycles. The van der Waals surface area contributed by atoms with E-state index in [1.165, 1.54) is 23.6 Å². The molecule has 0 fully saturated rings. The van der Waals surface area contributed by atoms with E-state index in [2.05, 4.69) is 15.0 Å². The number of ether oxygens (including phenoxy) is 1. The summed E-state index contributed by atoms with van der Waals surface area (Å²) in [6.07, 6.45) is 2.03. The van der Waals surface area contributed by atoms with Gasteiger partial charge in [0.1, 0.15) is 10.7 Å². The summed E-state index contributed by atoms with van der Waals surface area (Å²) in [6, 6.07) is 6.55. The number of aromatic amines is 1. The van der Waals surface area contributed by atoms with E-state index in [9.17, 15) is 18.4 Å². The van der Waals surface area contributed by atoms with Crippen LogP contribution < -0.4 is 5.56 Å². The van der Waals surface area contributed by atoms with Crippen LogP contribution in [0.5, 0.6) is 0 Å². The Morgan fingerprint density at radius 3 is 2.94 bits per heavy atom. The quantitative estimate of drug-likeness (QED) is 0.376. The van der Waals surface area contributed by atoms with Crippen LogP contribution in [0.25, 0.3) is 21.3 Å². The maximum atomic E-state index is 13.6. The molecule has 0 amide bonds. The van der Waals surface area contributed by atoms with Crippen LogP contribution in [-0.4, -0.2) is 31.2 Å². The van der Waals surface area contributed by atoms with Gasteiger partial charge in [-0.1, -0.05) is 12.1 Å². The highest BCUT2D eigenvalue weighted by atomic mass is 32.2. The smallest absolute Gasteiger partial charge is 0.320 e. The van der Waals surface area contributed by atoms with Gasteiger partial charge in [0.2, 0.25) is 0 Å². The van der Waals surface area contributed by atoms with Crippen molar-refractivity contribution in [3.05, 3.63) is 56.7 Å². The van der Waals surface area contributed by atoms with Gasteiger partial charge in [0.15, 0.2) is 11.9 Å². The lowest BCUT2D eigenvalue weighted by Crippen LogP contribution is -2.16. The third kappa shape index (κ3) is 4.15. The Labute approximate surface area is 195 Å².